The van der Waals surface area contributed by atoms with Crippen LogP contribution >= 0.6 is 11.8 Å². The summed E-state index contributed by atoms with van der Waals surface area (Å²) in [6.07, 6.45) is 3.92. The molecule has 0 aromatic carbocycles. The molecule has 2 aliphatic heterocycles. The van der Waals surface area contributed by atoms with Crippen LogP contribution < -0.4 is 20.8 Å². The summed E-state index contributed by atoms with van der Waals surface area (Å²) < 4.78 is 38.6. The maximum absolute atomic E-state index is 13.6. The van der Waals surface area contributed by atoms with Crippen molar-refractivity contribution in [2.24, 2.45) is 16.0 Å². The summed E-state index contributed by atoms with van der Waals surface area (Å²) >= 11 is 1.29. The molecule has 43 heavy (non-hydrogen) atoms. The molecule has 3 aliphatic rings. The van der Waals surface area contributed by atoms with Crippen molar-refractivity contribution < 1.29 is 23.0 Å². The van der Waals surface area contributed by atoms with Gasteiger partial charge in [0, 0.05) is 18.5 Å². The fourth-order valence-electron chi connectivity index (χ4n) is 3.54. The molecule has 1 amide bonds. The molecule has 1 aromatic heterocycles. The van der Waals surface area contributed by atoms with Crippen LogP contribution in [0.3, 0.4) is 0 Å². The fourth-order valence-corrected chi connectivity index (χ4v) is 4.26. The molecule has 0 spiro atoms. The van der Waals surface area contributed by atoms with Gasteiger partial charge in [0.2, 0.25) is 5.90 Å². The number of pyridine rings is 1. The second-order valence-corrected chi connectivity index (χ2v) is 10.3. The summed E-state index contributed by atoms with van der Waals surface area (Å²) in [5, 5.41) is 10.3. The van der Waals surface area contributed by atoms with Gasteiger partial charge in [-0.1, -0.05) is 45.6 Å². The number of carbonyl (C=O) groups is 1. The van der Waals surface area contributed by atoms with Crippen LogP contribution in [0.4, 0.5) is 8.78 Å². The van der Waals surface area contributed by atoms with Crippen LogP contribution in [-0.4, -0.2) is 47.5 Å². The van der Waals surface area contributed by atoms with Crippen LogP contribution in [0.2, 0.25) is 0 Å². The monoisotopic (exact) mass is 616 g/mol. The Morgan fingerprint density at radius 3 is 2.47 bits per heavy atom. The van der Waals surface area contributed by atoms with Crippen molar-refractivity contribution in [2.75, 3.05) is 14.2 Å². The maximum atomic E-state index is 13.6. The number of rotatable bonds is 6. The lowest BCUT2D eigenvalue weighted by Gasteiger charge is -2.27. The number of nitrogens with one attached hydrogen (secondary N) is 3. The van der Waals surface area contributed by atoms with Gasteiger partial charge < -0.3 is 14.8 Å². The smallest absolute Gasteiger partial charge is 0.280 e. The largest absolute Gasteiger partial charge is 0.494 e. The fraction of sp³-hybridized carbons (Fsp3) is 0.484. The molecule has 1 aliphatic carbocycles. The molecule has 3 N–H and O–H groups in total. The van der Waals surface area contributed by atoms with Gasteiger partial charge in [0.25, 0.3) is 12.3 Å². The van der Waals surface area contributed by atoms with E-state index in [0.717, 1.165) is 18.4 Å². The van der Waals surface area contributed by atoms with Crippen molar-refractivity contribution in [3.63, 3.8) is 0 Å². The summed E-state index contributed by atoms with van der Waals surface area (Å²) in [6, 6.07) is 0.610. The third-order valence-electron chi connectivity index (χ3n) is 6.05. The number of carbonyl (C=O) groups excluding carboxylic acids is 1. The molecule has 1 aromatic rings. The van der Waals surface area contributed by atoms with Gasteiger partial charge >= 0.3 is 0 Å². The summed E-state index contributed by atoms with van der Waals surface area (Å²) in [5.74, 6) is 7.45. The molecule has 234 valence electrons. The first-order valence-electron chi connectivity index (χ1n) is 14.3. The lowest BCUT2D eigenvalue weighted by Crippen LogP contribution is -2.40. The summed E-state index contributed by atoms with van der Waals surface area (Å²) in [5.41, 5.74) is 4.09. The SMILES string of the molecule is CC.CC.CN=C(OC(C)=C(C)C)C1C=CC(C(=O)NC2=NNC(C#CC3CC3)S2)=C(c2cc(C(F)F)ncc2OC)N1. The molecule has 0 bridgehead atoms. The molecule has 2 unspecified atom stereocenters. The van der Waals surface area contributed by atoms with E-state index < -0.39 is 24.1 Å². The number of aromatic nitrogens is 1. The number of amides is 1. The number of methoxy groups -OCH3 is 1. The Labute approximate surface area is 257 Å². The van der Waals surface area contributed by atoms with Crippen LogP contribution in [0.1, 0.15) is 79.0 Å². The van der Waals surface area contributed by atoms with E-state index in [1.807, 2.05) is 48.5 Å². The zero-order valence-corrected chi connectivity index (χ0v) is 27.1. The maximum Gasteiger partial charge on any atom is 0.280 e. The van der Waals surface area contributed by atoms with E-state index in [4.69, 9.17) is 9.47 Å². The van der Waals surface area contributed by atoms with Crippen molar-refractivity contribution in [2.45, 2.75) is 79.1 Å². The highest BCUT2D eigenvalue weighted by molar-refractivity contribution is 8.14. The molecule has 4 rings (SSSR count). The van der Waals surface area contributed by atoms with Gasteiger partial charge in [0.1, 0.15) is 23.2 Å². The van der Waals surface area contributed by atoms with E-state index in [-0.39, 0.29) is 28.0 Å². The molecule has 3 heterocycles. The minimum Gasteiger partial charge on any atom is -0.494 e. The van der Waals surface area contributed by atoms with Gasteiger partial charge in [-0.3, -0.25) is 25.5 Å². The number of halogens is 2. The van der Waals surface area contributed by atoms with Crippen molar-refractivity contribution in [1.29, 1.82) is 0 Å². The van der Waals surface area contributed by atoms with Crippen LogP contribution in [0, 0.1) is 17.8 Å². The Kier molecular flexibility index (Phi) is 14.2. The van der Waals surface area contributed by atoms with Crippen LogP contribution in [-0.2, 0) is 9.53 Å². The first-order chi connectivity index (χ1) is 20.7. The number of hydrazone groups is 1. The molecule has 1 fully saturated rings. The minimum atomic E-state index is -2.82. The van der Waals surface area contributed by atoms with Gasteiger partial charge in [-0.15, -0.1) is 0 Å². The first kappa shape index (κ1) is 35.3. The third kappa shape index (κ3) is 9.85. The highest BCUT2D eigenvalue weighted by Crippen LogP contribution is 2.33. The zero-order valence-electron chi connectivity index (χ0n) is 26.3. The normalized spacial score (nSPS) is 18.8. The number of dihydropyridines is 1. The van der Waals surface area contributed by atoms with Crippen molar-refractivity contribution in [3.05, 3.63) is 52.6 Å². The topological polar surface area (TPSA) is 109 Å². The van der Waals surface area contributed by atoms with Gasteiger partial charge in [-0.25, -0.2) is 8.78 Å². The Morgan fingerprint density at radius 1 is 1.19 bits per heavy atom. The van der Waals surface area contributed by atoms with Crippen LogP contribution in [0.5, 0.6) is 5.75 Å². The number of allylic oxidation sites excluding steroid dienone is 2. The second-order valence-electron chi connectivity index (χ2n) is 9.16. The number of aliphatic imine (C=N–C) groups is 1. The van der Waals surface area contributed by atoms with E-state index in [9.17, 15) is 13.6 Å². The summed E-state index contributed by atoms with van der Waals surface area (Å²) in [7, 11) is 2.99. The highest BCUT2D eigenvalue weighted by atomic mass is 32.2. The number of alkyl halides is 2. The Hall–Kier alpha value is -3.85. The molecular weight excluding hydrogens is 574 g/mol. The second kappa shape index (κ2) is 17.3. The molecule has 12 heteroatoms. The quantitative estimate of drug-likeness (QED) is 0.152. The predicted octanol–water partition coefficient (Wildman–Crippen LogP) is 6.14. The van der Waals surface area contributed by atoms with Crippen molar-refractivity contribution in [1.82, 2.24) is 21.0 Å². The number of thioether (sulfide) groups is 1. The van der Waals surface area contributed by atoms with Gasteiger partial charge in [-0.2, -0.15) is 5.10 Å². The molecular formula is C31H42F2N6O3S. The van der Waals surface area contributed by atoms with Crippen molar-refractivity contribution >= 4 is 34.4 Å². The van der Waals surface area contributed by atoms with E-state index in [2.05, 4.69) is 43.0 Å². The number of ether oxygens (including phenoxy) is 2. The Bertz CT molecular complexity index is 1350. The molecule has 1 saturated carbocycles. The molecule has 9 nitrogen and oxygen atoms in total. The summed E-state index contributed by atoms with van der Waals surface area (Å²) in [6.45, 7) is 13.6. The van der Waals surface area contributed by atoms with E-state index >= 15 is 0 Å². The average molecular weight is 617 g/mol. The Balaban J connectivity index is 0.00000155. The van der Waals surface area contributed by atoms with E-state index in [0.29, 0.717) is 22.7 Å². The first-order valence-corrected chi connectivity index (χ1v) is 15.2. The molecule has 0 saturated heterocycles. The van der Waals surface area contributed by atoms with Crippen LogP contribution in [0.15, 0.2) is 51.4 Å². The van der Waals surface area contributed by atoms with E-state index in [1.165, 1.54) is 31.1 Å². The molecule has 0 radical (unpaired) electrons. The van der Waals surface area contributed by atoms with Crippen molar-refractivity contribution in [3.8, 4) is 17.6 Å². The third-order valence-corrected chi connectivity index (χ3v) is 6.92. The molecule has 2 atom stereocenters. The number of hydrogen-bond donors (Lipinski definition) is 3. The highest BCUT2D eigenvalue weighted by Gasteiger charge is 2.30. The Morgan fingerprint density at radius 2 is 1.88 bits per heavy atom. The van der Waals surface area contributed by atoms with Gasteiger partial charge in [-0.05, 0) is 63.1 Å². The number of nitrogens with zero attached hydrogens (tertiary/aromatic N) is 3. The lowest BCUT2D eigenvalue weighted by atomic mass is 9.99. The van der Waals surface area contributed by atoms with Gasteiger partial charge in [0.05, 0.1) is 24.6 Å². The number of amidine groups is 1. The standard InChI is InChI=1S/C27H30F2N6O3S.2C2H6/c1-14(2)15(3)38-26(30-4)19-10-9-17(23(32-19)18-12-20(24(28)29)31-13-21(18)37-5)25(36)33-27-35-34-22(39-27)11-8-16-6-7-16;2*1-2/h9-10,12-13,16,19,22,24,32,34H,6-7H2,1-5H3,(H,33,35,36);2*1-2H3. The predicted molar refractivity (Wildman–Crippen MR) is 171 cm³/mol. The lowest BCUT2D eigenvalue weighted by molar-refractivity contribution is -0.115. The average Bonchev–Trinajstić information content (AvgIpc) is 3.76. The van der Waals surface area contributed by atoms with Crippen LogP contribution in [0.25, 0.3) is 5.70 Å². The number of hydrogen-bond acceptors (Lipinski definition) is 9. The summed E-state index contributed by atoms with van der Waals surface area (Å²) in [4.78, 5) is 21.5. The minimum absolute atomic E-state index is 0.182. The van der Waals surface area contributed by atoms with Gasteiger partial charge in [0.15, 0.2) is 10.5 Å². The zero-order chi connectivity index (χ0) is 32.1. The van der Waals surface area contributed by atoms with E-state index in [1.54, 1.807) is 19.2 Å².